The minimum atomic E-state index is -0.429. The van der Waals surface area contributed by atoms with Gasteiger partial charge in [0.1, 0.15) is 0 Å². The number of imide groups is 1. The van der Waals surface area contributed by atoms with Gasteiger partial charge in [-0.3, -0.25) is 24.0 Å². The Bertz CT molecular complexity index is 774. The van der Waals surface area contributed by atoms with E-state index < -0.39 is 6.04 Å². The van der Waals surface area contributed by atoms with E-state index >= 15 is 0 Å². The molecule has 0 spiro atoms. The zero-order valence-electron chi connectivity index (χ0n) is 10.7. The third kappa shape index (κ3) is 1.89. The van der Waals surface area contributed by atoms with Crippen LogP contribution in [0.3, 0.4) is 0 Å². The average molecular weight is 338 g/mol. The van der Waals surface area contributed by atoms with Crippen molar-refractivity contribution in [1.29, 1.82) is 0 Å². The van der Waals surface area contributed by atoms with E-state index in [-0.39, 0.29) is 30.3 Å². The number of halogens is 1. The molecular formula is C13H12BrN3O3. The van der Waals surface area contributed by atoms with Gasteiger partial charge in [0.25, 0.3) is 0 Å². The molecule has 7 heteroatoms. The Labute approximate surface area is 122 Å². The summed E-state index contributed by atoms with van der Waals surface area (Å²) in [5, 5.41) is 2.26. The molecule has 0 saturated carbocycles. The lowest BCUT2D eigenvalue weighted by Gasteiger charge is -2.22. The number of fused-ring (bicyclic) bond motifs is 1. The first kappa shape index (κ1) is 13.1. The van der Waals surface area contributed by atoms with Gasteiger partial charge in [0.05, 0.1) is 17.1 Å². The molecule has 6 nitrogen and oxygen atoms in total. The van der Waals surface area contributed by atoms with Crippen molar-refractivity contribution in [2.75, 3.05) is 0 Å². The molecule has 2 amide bonds. The second-order valence-corrected chi connectivity index (χ2v) is 5.71. The van der Waals surface area contributed by atoms with Crippen molar-refractivity contribution >= 4 is 38.8 Å². The molecule has 0 aliphatic carbocycles. The summed E-state index contributed by atoms with van der Waals surface area (Å²) in [5.41, 5.74) is 1.26. The molecular weight excluding hydrogens is 326 g/mol. The number of hydrogen-bond acceptors (Lipinski definition) is 3. The maximum absolute atomic E-state index is 12.4. The lowest BCUT2D eigenvalue weighted by Crippen LogP contribution is -2.41. The summed E-state index contributed by atoms with van der Waals surface area (Å²) in [5.74, 6) is -0.685. The van der Waals surface area contributed by atoms with Gasteiger partial charge >= 0.3 is 5.69 Å². The quantitative estimate of drug-likeness (QED) is 0.791. The number of para-hydroxylation sites is 1. The number of benzene rings is 1. The molecule has 0 bridgehead atoms. The van der Waals surface area contributed by atoms with Crippen LogP contribution in [0.4, 0.5) is 0 Å². The number of nitrogens with one attached hydrogen (secondary N) is 1. The highest BCUT2D eigenvalue weighted by atomic mass is 79.9. The molecule has 104 valence electrons. The van der Waals surface area contributed by atoms with Gasteiger partial charge in [0.2, 0.25) is 11.8 Å². The van der Waals surface area contributed by atoms with Crippen molar-refractivity contribution in [1.82, 2.24) is 14.5 Å². The van der Waals surface area contributed by atoms with Crippen LogP contribution in [0.2, 0.25) is 0 Å². The van der Waals surface area contributed by atoms with E-state index in [1.54, 1.807) is 7.05 Å². The molecule has 1 aromatic carbocycles. The van der Waals surface area contributed by atoms with Crippen molar-refractivity contribution < 1.29 is 9.59 Å². The zero-order valence-corrected chi connectivity index (χ0v) is 12.3. The molecule has 1 fully saturated rings. The van der Waals surface area contributed by atoms with Gasteiger partial charge in [-0.15, -0.1) is 0 Å². The van der Waals surface area contributed by atoms with Gasteiger partial charge in [0, 0.05) is 24.4 Å². The fourth-order valence-electron chi connectivity index (χ4n) is 2.68. The summed E-state index contributed by atoms with van der Waals surface area (Å²) in [6.07, 6.45) is 0.272. The Kier molecular flexibility index (Phi) is 3.01. The molecule has 0 radical (unpaired) electrons. The molecule has 0 unspecified atom stereocenters. The SMILES string of the molecule is Cn1c(=O)n(C2CC(=O)NC(=O)C2)c2cccc(Br)c21. The largest absolute Gasteiger partial charge is 0.329 e. The van der Waals surface area contributed by atoms with Gasteiger partial charge < -0.3 is 0 Å². The highest BCUT2D eigenvalue weighted by Crippen LogP contribution is 2.27. The molecule has 1 aromatic heterocycles. The predicted octanol–water partition coefficient (Wildman–Crippen LogP) is 1.08. The normalized spacial score (nSPS) is 16.7. The molecule has 1 aliphatic heterocycles. The maximum Gasteiger partial charge on any atom is 0.329 e. The zero-order chi connectivity index (χ0) is 14.4. The van der Waals surface area contributed by atoms with Crippen LogP contribution in [-0.2, 0) is 16.6 Å². The van der Waals surface area contributed by atoms with Crippen LogP contribution < -0.4 is 11.0 Å². The lowest BCUT2D eigenvalue weighted by molar-refractivity contribution is -0.134. The van der Waals surface area contributed by atoms with E-state index in [1.165, 1.54) is 9.13 Å². The van der Waals surface area contributed by atoms with Gasteiger partial charge in [0.15, 0.2) is 0 Å². The monoisotopic (exact) mass is 337 g/mol. The second-order valence-electron chi connectivity index (χ2n) is 4.85. The minimum Gasteiger partial charge on any atom is -0.296 e. The van der Waals surface area contributed by atoms with Crippen molar-refractivity contribution in [2.24, 2.45) is 7.05 Å². The van der Waals surface area contributed by atoms with Crippen molar-refractivity contribution in [3.63, 3.8) is 0 Å². The fourth-order valence-corrected chi connectivity index (χ4v) is 3.31. The maximum atomic E-state index is 12.4. The van der Waals surface area contributed by atoms with E-state index in [0.29, 0.717) is 0 Å². The van der Waals surface area contributed by atoms with Gasteiger partial charge in [-0.1, -0.05) is 6.07 Å². The summed E-state index contributed by atoms with van der Waals surface area (Å²) < 4.78 is 3.87. The molecule has 2 aromatic rings. The van der Waals surface area contributed by atoms with E-state index in [0.717, 1.165) is 15.5 Å². The summed E-state index contributed by atoms with van der Waals surface area (Å²) in [6, 6.07) is 5.07. The number of aryl methyl sites for hydroxylation is 1. The number of imidazole rings is 1. The Morgan fingerprint density at radius 2 is 1.85 bits per heavy atom. The highest BCUT2D eigenvalue weighted by molar-refractivity contribution is 9.10. The van der Waals surface area contributed by atoms with Crippen molar-refractivity contribution in [3.8, 4) is 0 Å². The van der Waals surface area contributed by atoms with Gasteiger partial charge in [-0.2, -0.15) is 0 Å². The van der Waals surface area contributed by atoms with E-state index in [4.69, 9.17) is 0 Å². The first-order valence-corrected chi connectivity index (χ1v) is 6.96. The van der Waals surface area contributed by atoms with Crippen LogP contribution in [0.1, 0.15) is 18.9 Å². The first-order valence-electron chi connectivity index (χ1n) is 6.17. The Morgan fingerprint density at radius 1 is 1.20 bits per heavy atom. The standard InChI is InChI=1S/C13H12BrN3O3/c1-16-12-8(14)3-2-4-9(12)17(13(16)20)7-5-10(18)15-11(19)6-7/h2-4,7H,5-6H2,1H3,(H,15,18,19). The summed E-state index contributed by atoms with van der Waals surface area (Å²) in [4.78, 5) is 35.4. The van der Waals surface area contributed by atoms with E-state index in [2.05, 4.69) is 21.2 Å². The Hall–Kier alpha value is -1.89. The van der Waals surface area contributed by atoms with E-state index in [9.17, 15) is 14.4 Å². The Balaban J connectivity index is 2.24. The summed E-state index contributed by atoms with van der Waals surface area (Å²) in [7, 11) is 1.68. The Morgan fingerprint density at radius 3 is 2.50 bits per heavy atom. The molecule has 20 heavy (non-hydrogen) atoms. The second kappa shape index (κ2) is 4.59. The van der Waals surface area contributed by atoms with Crippen LogP contribution in [0.15, 0.2) is 27.5 Å². The van der Waals surface area contributed by atoms with Crippen LogP contribution in [0, 0.1) is 0 Å². The molecule has 2 heterocycles. The van der Waals surface area contributed by atoms with E-state index in [1.807, 2.05) is 18.2 Å². The number of aromatic nitrogens is 2. The number of rotatable bonds is 1. The molecule has 1 aliphatic rings. The summed E-state index contributed by atoms with van der Waals surface area (Å²) >= 11 is 3.42. The smallest absolute Gasteiger partial charge is 0.296 e. The van der Waals surface area contributed by atoms with Gasteiger partial charge in [-0.05, 0) is 28.1 Å². The highest BCUT2D eigenvalue weighted by Gasteiger charge is 2.29. The molecule has 3 rings (SSSR count). The first-order chi connectivity index (χ1) is 9.49. The fraction of sp³-hybridized carbons (Fsp3) is 0.308. The topological polar surface area (TPSA) is 73.1 Å². The molecule has 0 atom stereocenters. The van der Waals surface area contributed by atoms with Crippen LogP contribution in [-0.4, -0.2) is 20.9 Å². The van der Waals surface area contributed by atoms with Crippen LogP contribution in [0.25, 0.3) is 11.0 Å². The summed E-state index contributed by atoms with van der Waals surface area (Å²) in [6.45, 7) is 0. The number of carbonyl (C=O) groups is 2. The van der Waals surface area contributed by atoms with Crippen LogP contribution in [0.5, 0.6) is 0 Å². The average Bonchev–Trinajstić information content (AvgIpc) is 2.62. The third-order valence-electron chi connectivity index (χ3n) is 3.54. The molecule has 1 N–H and O–H groups in total. The minimum absolute atomic E-state index is 0.136. The number of carbonyl (C=O) groups excluding carboxylic acids is 2. The van der Waals surface area contributed by atoms with Gasteiger partial charge in [-0.25, -0.2) is 4.79 Å². The third-order valence-corrected chi connectivity index (χ3v) is 4.18. The lowest BCUT2D eigenvalue weighted by atomic mass is 10.1. The number of hydrogen-bond donors (Lipinski definition) is 1. The van der Waals surface area contributed by atoms with Crippen molar-refractivity contribution in [3.05, 3.63) is 33.2 Å². The number of piperidine rings is 1. The van der Waals surface area contributed by atoms with Crippen molar-refractivity contribution in [2.45, 2.75) is 18.9 Å². The number of amides is 2. The molecule has 1 saturated heterocycles. The van der Waals surface area contributed by atoms with Crippen LogP contribution >= 0.6 is 15.9 Å². The number of nitrogens with zero attached hydrogens (tertiary/aromatic N) is 2. The predicted molar refractivity (Wildman–Crippen MR) is 76.3 cm³/mol.